The molecule has 2 aromatic heterocycles. The summed E-state index contributed by atoms with van der Waals surface area (Å²) in [5.41, 5.74) is 1.35. The number of hydrogen-bond acceptors (Lipinski definition) is 5. The van der Waals surface area contributed by atoms with Crippen molar-refractivity contribution in [1.29, 1.82) is 5.26 Å². The fourth-order valence-electron chi connectivity index (χ4n) is 3.40. The highest BCUT2D eigenvalue weighted by molar-refractivity contribution is 5.79. The molecule has 118 valence electrons. The van der Waals surface area contributed by atoms with E-state index in [0.717, 1.165) is 43.9 Å². The van der Waals surface area contributed by atoms with E-state index in [-0.39, 0.29) is 11.8 Å². The Morgan fingerprint density at radius 3 is 3.13 bits per heavy atom. The highest BCUT2D eigenvalue weighted by Crippen LogP contribution is 2.22. The molecule has 2 aliphatic rings. The monoisotopic (exact) mass is 311 g/mol. The number of carbonyl (C=O) groups excluding carboxylic acids is 1. The van der Waals surface area contributed by atoms with Crippen LogP contribution in [0.25, 0.3) is 0 Å². The van der Waals surface area contributed by atoms with Crippen LogP contribution in [-0.2, 0) is 30.8 Å². The third-order valence-corrected chi connectivity index (χ3v) is 4.60. The molecule has 0 bridgehead atoms. The summed E-state index contributed by atoms with van der Waals surface area (Å²) in [6.45, 7) is 2.60. The molecule has 8 heteroatoms. The molecule has 0 spiro atoms. The fourth-order valence-corrected chi connectivity index (χ4v) is 3.40. The van der Waals surface area contributed by atoms with Crippen LogP contribution in [0.3, 0.4) is 0 Å². The van der Waals surface area contributed by atoms with E-state index in [1.165, 1.54) is 0 Å². The number of nitrogens with zero attached hydrogens (tertiary/aromatic N) is 7. The van der Waals surface area contributed by atoms with E-state index in [4.69, 9.17) is 5.26 Å². The number of aryl methyl sites for hydroxylation is 2. The molecule has 1 atom stereocenters. The summed E-state index contributed by atoms with van der Waals surface area (Å²) in [6.07, 6.45) is 4.01. The maximum Gasteiger partial charge on any atom is 0.227 e. The van der Waals surface area contributed by atoms with Crippen molar-refractivity contribution in [3.63, 3.8) is 0 Å². The van der Waals surface area contributed by atoms with Crippen LogP contribution in [0, 0.1) is 17.2 Å². The van der Waals surface area contributed by atoms with Crippen LogP contribution < -0.4 is 0 Å². The highest BCUT2D eigenvalue weighted by atomic mass is 16.2. The predicted octanol–water partition coefficient (Wildman–Crippen LogP) is 0.341. The molecule has 1 unspecified atom stereocenters. The fraction of sp³-hybridized carbons (Fsp3) is 0.533. The van der Waals surface area contributed by atoms with Gasteiger partial charge in [-0.05, 0) is 18.9 Å². The van der Waals surface area contributed by atoms with Crippen LogP contribution in [0.1, 0.15) is 30.1 Å². The summed E-state index contributed by atoms with van der Waals surface area (Å²) < 4.78 is 3.68. The van der Waals surface area contributed by atoms with Crippen molar-refractivity contribution in [2.24, 2.45) is 5.92 Å². The van der Waals surface area contributed by atoms with E-state index in [1.54, 1.807) is 12.4 Å². The average Bonchev–Trinajstić information content (AvgIpc) is 3.15. The zero-order valence-corrected chi connectivity index (χ0v) is 12.7. The smallest absolute Gasteiger partial charge is 0.227 e. The molecule has 4 rings (SSSR count). The summed E-state index contributed by atoms with van der Waals surface area (Å²) in [4.78, 5) is 19.0. The second-order valence-corrected chi connectivity index (χ2v) is 6.06. The molecular weight excluding hydrogens is 294 g/mol. The molecule has 0 aliphatic carbocycles. The molecule has 8 nitrogen and oxygen atoms in total. The van der Waals surface area contributed by atoms with Gasteiger partial charge in [0.1, 0.15) is 18.2 Å². The van der Waals surface area contributed by atoms with Crippen molar-refractivity contribution in [1.82, 2.24) is 29.4 Å². The van der Waals surface area contributed by atoms with Crippen LogP contribution in [0.2, 0.25) is 0 Å². The largest absolute Gasteiger partial charge is 0.336 e. The number of fused-ring (bicyclic) bond motifs is 2. The number of amides is 1. The lowest BCUT2D eigenvalue weighted by Crippen LogP contribution is -2.39. The standard InChI is InChI=1S/C15H17N7O/c16-7-12-6-13-9-20(4-1-5-21(13)19-12)15(23)11-2-3-14-17-10-18-22(14)8-11/h6,10-11H,1-5,8-9H2. The Morgan fingerprint density at radius 1 is 1.35 bits per heavy atom. The van der Waals surface area contributed by atoms with Crippen molar-refractivity contribution in [3.8, 4) is 6.07 Å². The van der Waals surface area contributed by atoms with Gasteiger partial charge in [-0.1, -0.05) is 0 Å². The second kappa shape index (κ2) is 5.50. The molecule has 2 aromatic rings. The maximum atomic E-state index is 12.9. The van der Waals surface area contributed by atoms with Gasteiger partial charge in [-0.2, -0.15) is 15.5 Å². The molecule has 23 heavy (non-hydrogen) atoms. The summed E-state index contributed by atoms with van der Waals surface area (Å²) in [5.74, 6) is 1.08. The Kier molecular flexibility index (Phi) is 3.33. The number of carbonyl (C=O) groups is 1. The van der Waals surface area contributed by atoms with E-state index in [0.29, 0.717) is 18.8 Å². The molecule has 0 radical (unpaired) electrons. The van der Waals surface area contributed by atoms with Crippen molar-refractivity contribution >= 4 is 5.91 Å². The highest BCUT2D eigenvalue weighted by Gasteiger charge is 2.30. The second-order valence-electron chi connectivity index (χ2n) is 6.06. The molecule has 0 saturated heterocycles. The van der Waals surface area contributed by atoms with E-state index >= 15 is 0 Å². The third-order valence-electron chi connectivity index (χ3n) is 4.60. The first-order valence-corrected chi connectivity index (χ1v) is 7.87. The Hall–Kier alpha value is -2.69. The lowest BCUT2D eigenvalue weighted by molar-refractivity contribution is -0.137. The lowest BCUT2D eigenvalue weighted by Gasteiger charge is -2.28. The van der Waals surface area contributed by atoms with Gasteiger partial charge in [-0.15, -0.1) is 0 Å². The van der Waals surface area contributed by atoms with E-state index < -0.39 is 0 Å². The number of nitriles is 1. The molecule has 1 amide bonds. The zero-order valence-electron chi connectivity index (χ0n) is 12.7. The summed E-state index contributed by atoms with van der Waals surface area (Å²) in [7, 11) is 0. The van der Waals surface area contributed by atoms with Gasteiger partial charge in [0.25, 0.3) is 0 Å². The molecule has 0 fully saturated rings. The summed E-state index contributed by atoms with van der Waals surface area (Å²) in [6, 6.07) is 3.85. The van der Waals surface area contributed by atoms with Crippen LogP contribution in [0.15, 0.2) is 12.4 Å². The first kappa shape index (κ1) is 13.9. The number of rotatable bonds is 1. The van der Waals surface area contributed by atoms with Crippen LogP contribution in [-0.4, -0.2) is 41.9 Å². The molecule has 4 heterocycles. The third kappa shape index (κ3) is 2.48. The van der Waals surface area contributed by atoms with Crippen molar-refractivity contribution in [3.05, 3.63) is 29.6 Å². The summed E-state index contributed by atoms with van der Waals surface area (Å²) in [5, 5.41) is 17.4. The molecular formula is C15H17N7O. The van der Waals surface area contributed by atoms with E-state index in [2.05, 4.69) is 21.3 Å². The maximum absolute atomic E-state index is 12.9. The van der Waals surface area contributed by atoms with Gasteiger partial charge in [0.15, 0.2) is 5.69 Å². The van der Waals surface area contributed by atoms with Crippen molar-refractivity contribution in [2.75, 3.05) is 6.54 Å². The van der Waals surface area contributed by atoms with Gasteiger partial charge < -0.3 is 4.90 Å². The quantitative estimate of drug-likeness (QED) is 0.757. The van der Waals surface area contributed by atoms with E-state index in [1.807, 2.05) is 14.3 Å². The Morgan fingerprint density at radius 2 is 2.26 bits per heavy atom. The van der Waals surface area contributed by atoms with Gasteiger partial charge in [-0.3, -0.25) is 9.48 Å². The molecule has 2 aliphatic heterocycles. The van der Waals surface area contributed by atoms with Gasteiger partial charge in [0.2, 0.25) is 5.91 Å². The summed E-state index contributed by atoms with van der Waals surface area (Å²) >= 11 is 0. The van der Waals surface area contributed by atoms with Crippen LogP contribution >= 0.6 is 0 Å². The van der Waals surface area contributed by atoms with Gasteiger partial charge in [0.05, 0.1) is 24.7 Å². The van der Waals surface area contributed by atoms with Gasteiger partial charge in [0, 0.05) is 19.5 Å². The van der Waals surface area contributed by atoms with E-state index in [9.17, 15) is 4.79 Å². The Balaban J connectivity index is 1.51. The Bertz CT molecular complexity index is 784. The minimum Gasteiger partial charge on any atom is -0.336 e. The minimum atomic E-state index is -0.0471. The normalized spacial score (nSPS) is 20.3. The first-order chi connectivity index (χ1) is 11.2. The molecule has 0 N–H and O–H groups in total. The van der Waals surface area contributed by atoms with Crippen molar-refractivity contribution < 1.29 is 4.79 Å². The lowest BCUT2D eigenvalue weighted by atomic mass is 9.98. The van der Waals surface area contributed by atoms with Crippen LogP contribution in [0.4, 0.5) is 0 Å². The SMILES string of the molecule is N#Cc1cc2n(n1)CCCN(C(=O)C1CCc3ncnn3C1)C2. The average molecular weight is 311 g/mol. The van der Waals surface area contributed by atoms with Gasteiger partial charge in [-0.25, -0.2) is 9.67 Å². The number of hydrogen-bond donors (Lipinski definition) is 0. The van der Waals surface area contributed by atoms with Crippen LogP contribution in [0.5, 0.6) is 0 Å². The first-order valence-electron chi connectivity index (χ1n) is 7.87. The topological polar surface area (TPSA) is 92.6 Å². The zero-order chi connectivity index (χ0) is 15.8. The number of aromatic nitrogens is 5. The van der Waals surface area contributed by atoms with Crippen molar-refractivity contribution in [2.45, 2.75) is 38.9 Å². The van der Waals surface area contributed by atoms with Gasteiger partial charge >= 0.3 is 0 Å². The Labute approximate surface area is 133 Å². The molecule has 0 aromatic carbocycles. The predicted molar refractivity (Wildman–Crippen MR) is 78.8 cm³/mol. The molecule has 0 saturated carbocycles. The minimum absolute atomic E-state index is 0.0471.